The molecule has 1 fully saturated rings. The van der Waals surface area contributed by atoms with Gasteiger partial charge in [0.05, 0.1) is 6.04 Å². The van der Waals surface area contributed by atoms with Gasteiger partial charge in [0.15, 0.2) is 0 Å². The summed E-state index contributed by atoms with van der Waals surface area (Å²) in [7, 11) is 0. The van der Waals surface area contributed by atoms with Crippen molar-refractivity contribution in [2.24, 2.45) is 0 Å². The van der Waals surface area contributed by atoms with Crippen LogP contribution < -0.4 is 0 Å². The van der Waals surface area contributed by atoms with Crippen molar-refractivity contribution in [1.29, 1.82) is 0 Å². The Morgan fingerprint density at radius 3 is 2.76 bits per heavy atom. The van der Waals surface area contributed by atoms with Gasteiger partial charge in [-0.15, -0.1) is 0 Å². The van der Waals surface area contributed by atoms with Crippen LogP contribution in [-0.4, -0.2) is 28.1 Å². The standard InChI is InChI=1S/C16H24N2O2S/c1-11-9-12(10-17-14(11)21)13-7-5-6-8-18(13)15(19)20-16(2,3)4/h9-10,13H,5-8H2,1-4H3,(H,17,21)/t13-/m1/s1. The molecule has 1 amide bonds. The molecule has 0 unspecified atom stereocenters. The fourth-order valence-corrected chi connectivity index (χ4v) is 2.75. The number of nitrogens with one attached hydrogen (secondary N) is 1. The molecular weight excluding hydrogens is 284 g/mol. The van der Waals surface area contributed by atoms with E-state index in [1.807, 2.05) is 38.8 Å². The normalized spacial score (nSPS) is 19.4. The predicted molar refractivity (Wildman–Crippen MR) is 85.9 cm³/mol. The molecule has 2 heterocycles. The number of carbonyl (C=O) groups excluding carboxylic acids is 1. The van der Waals surface area contributed by atoms with Crippen molar-refractivity contribution in [3.05, 3.63) is 28.0 Å². The molecule has 0 spiro atoms. The highest BCUT2D eigenvalue weighted by Gasteiger charge is 2.31. The first kappa shape index (κ1) is 16.0. The molecule has 0 saturated carbocycles. The second-order valence-corrected chi connectivity index (χ2v) is 7.04. The van der Waals surface area contributed by atoms with Gasteiger partial charge in [0, 0.05) is 12.7 Å². The zero-order chi connectivity index (χ0) is 15.6. The molecular formula is C16H24N2O2S. The third kappa shape index (κ3) is 4.06. The molecule has 4 nitrogen and oxygen atoms in total. The zero-order valence-corrected chi connectivity index (χ0v) is 14.0. The number of aryl methyl sites for hydroxylation is 1. The van der Waals surface area contributed by atoms with E-state index in [0.29, 0.717) is 0 Å². The summed E-state index contributed by atoms with van der Waals surface area (Å²) in [6.45, 7) is 8.42. The first-order valence-electron chi connectivity index (χ1n) is 7.47. The van der Waals surface area contributed by atoms with Gasteiger partial charge in [0.25, 0.3) is 0 Å². The van der Waals surface area contributed by atoms with Gasteiger partial charge in [-0.3, -0.25) is 0 Å². The number of amides is 1. The van der Waals surface area contributed by atoms with Crippen molar-refractivity contribution in [3.8, 4) is 0 Å². The summed E-state index contributed by atoms with van der Waals surface area (Å²) >= 11 is 5.21. The molecule has 1 saturated heterocycles. The van der Waals surface area contributed by atoms with Gasteiger partial charge in [-0.05, 0) is 64.2 Å². The fraction of sp³-hybridized carbons (Fsp3) is 0.625. The van der Waals surface area contributed by atoms with E-state index in [0.717, 1.165) is 41.6 Å². The molecule has 1 aromatic heterocycles. The Balaban J connectivity index is 2.24. The summed E-state index contributed by atoms with van der Waals surface area (Å²) in [6, 6.07) is 2.14. The monoisotopic (exact) mass is 308 g/mol. The fourth-order valence-electron chi connectivity index (χ4n) is 2.63. The second-order valence-electron chi connectivity index (χ2n) is 6.63. The Morgan fingerprint density at radius 1 is 1.43 bits per heavy atom. The van der Waals surface area contributed by atoms with Crippen molar-refractivity contribution in [2.75, 3.05) is 6.54 Å². The molecule has 21 heavy (non-hydrogen) atoms. The molecule has 116 valence electrons. The number of H-pyrrole nitrogens is 1. The molecule has 0 aromatic carbocycles. The smallest absolute Gasteiger partial charge is 0.410 e. The van der Waals surface area contributed by atoms with Crippen LogP contribution in [0.2, 0.25) is 0 Å². The number of nitrogens with zero attached hydrogens (tertiary/aromatic N) is 1. The molecule has 2 rings (SSSR count). The quantitative estimate of drug-likeness (QED) is 0.776. The molecule has 1 aromatic rings. The molecule has 1 N–H and O–H groups in total. The Kier molecular flexibility index (Phi) is 4.71. The molecule has 0 aliphatic carbocycles. The number of pyridine rings is 1. The average molecular weight is 308 g/mol. The van der Waals surface area contributed by atoms with Crippen molar-refractivity contribution in [3.63, 3.8) is 0 Å². The molecule has 1 aliphatic heterocycles. The van der Waals surface area contributed by atoms with E-state index in [9.17, 15) is 4.79 Å². The molecule has 1 aliphatic rings. The number of hydrogen-bond donors (Lipinski definition) is 1. The number of hydrogen-bond acceptors (Lipinski definition) is 3. The van der Waals surface area contributed by atoms with Crippen LogP contribution in [0.25, 0.3) is 0 Å². The van der Waals surface area contributed by atoms with Gasteiger partial charge >= 0.3 is 6.09 Å². The third-order valence-electron chi connectivity index (χ3n) is 3.63. The number of aromatic nitrogens is 1. The summed E-state index contributed by atoms with van der Waals surface area (Å²) in [5.41, 5.74) is 1.68. The summed E-state index contributed by atoms with van der Waals surface area (Å²) in [6.07, 6.45) is 4.80. The molecule has 0 bridgehead atoms. The van der Waals surface area contributed by atoms with Gasteiger partial charge in [0.1, 0.15) is 10.2 Å². The van der Waals surface area contributed by atoms with E-state index in [-0.39, 0.29) is 12.1 Å². The Hall–Kier alpha value is -1.36. The number of carbonyl (C=O) groups is 1. The van der Waals surface area contributed by atoms with Crippen molar-refractivity contribution < 1.29 is 9.53 Å². The first-order chi connectivity index (χ1) is 9.78. The van der Waals surface area contributed by atoms with E-state index in [1.54, 1.807) is 0 Å². The summed E-state index contributed by atoms with van der Waals surface area (Å²) in [5.74, 6) is 0. The van der Waals surface area contributed by atoms with Gasteiger partial charge in [0.2, 0.25) is 0 Å². The van der Waals surface area contributed by atoms with Gasteiger partial charge in [-0.1, -0.05) is 12.2 Å². The summed E-state index contributed by atoms with van der Waals surface area (Å²) in [4.78, 5) is 17.4. The lowest BCUT2D eigenvalue weighted by atomic mass is 9.96. The van der Waals surface area contributed by atoms with Crippen LogP contribution in [0.3, 0.4) is 0 Å². The number of rotatable bonds is 1. The van der Waals surface area contributed by atoms with Crippen LogP contribution in [0, 0.1) is 11.6 Å². The molecule has 5 heteroatoms. The first-order valence-corrected chi connectivity index (χ1v) is 7.87. The number of aromatic amines is 1. The number of ether oxygens (including phenoxy) is 1. The van der Waals surface area contributed by atoms with Gasteiger partial charge in [-0.2, -0.15) is 0 Å². The predicted octanol–water partition coefficient (Wildman–Crippen LogP) is 4.51. The second kappa shape index (κ2) is 6.18. The van der Waals surface area contributed by atoms with E-state index in [2.05, 4.69) is 11.1 Å². The minimum Gasteiger partial charge on any atom is -0.444 e. The third-order valence-corrected chi connectivity index (χ3v) is 4.07. The number of likely N-dealkylation sites (tertiary alicyclic amines) is 1. The lowest BCUT2D eigenvalue weighted by molar-refractivity contribution is 0.00947. The maximum atomic E-state index is 12.4. The lowest BCUT2D eigenvalue weighted by Gasteiger charge is -2.37. The van der Waals surface area contributed by atoms with E-state index in [4.69, 9.17) is 17.0 Å². The maximum absolute atomic E-state index is 12.4. The van der Waals surface area contributed by atoms with Crippen LogP contribution in [0.4, 0.5) is 4.79 Å². The van der Waals surface area contributed by atoms with Gasteiger partial charge in [-0.25, -0.2) is 4.79 Å². The lowest BCUT2D eigenvalue weighted by Crippen LogP contribution is -2.41. The van der Waals surface area contributed by atoms with Crippen LogP contribution >= 0.6 is 12.2 Å². The van der Waals surface area contributed by atoms with Crippen molar-refractivity contribution in [2.45, 2.75) is 58.6 Å². The van der Waals surface area contributed by atoms with Crippen LogP contribution in [0.5, 0.6) is 0 Å². The van der Waals surface area contributed by atoms with Gasteiger partial charge < -0.3 is 14.6 Å². The average Bonchev–Trinajstić information content (AvgIpc) is 2.40. The Labute approximate surface area is 131 Å². The van der Waals surface area contributed by atoms with Crippen molar-refractivity contribution in [1.82, 2.24) is 9.88 Å². The Morgan fingerprint density at radius 2 is 2.14 bits per heavy atom. The minimum absolute atomic E-state index is 0.0687. The molecule has 1 atom stereocenters. The largest absolute Gasteiger partial charge is 0.444 e. The SMILES string of the molecule is Cc1cc([C@H]2CCCCN2C(=O)OC(C)(C)C)c[nH]c1=S. The van der Waals surface area contributed by atoms with Crippen molar-refractivity contribution >= 4 is 18.3 Å². The van der Waals surface area contributed by atoms with Crippen LogP contribution in [-0.2, 0) is 4.74 Å². The summed E-state index contributed by atoms with van der Waals surface area (Å²) < 4.78 is 6.29. The van der Waals surface area contributed by atoms with E-state index in [1.165, 1.54) is 0 Å². The zero-order valence-electron chi connectivity index (χ0n) is 13.2. The maximum Gasteiger partial charge on any atom is 0.410 e. The highest BCUT2D eigenvalue weighted by Crippen LogP contribution is 2.32. The van der Waals surface area contributed by atoms with E-state index < -0.39 is 5.60 Å². The van der Waals surface area contributed by atoms with E-state index >= 15 is 0 Å². The minimum atomic E-state index is -0.467. The van der Waals surface area contributed by atoms with Crippen LogP contribution in [0.1, 0.15) is 57.2 Å². The topological polar surface area (TPSA) is 45.3 Å². The summed E-state index contributed by atoms with van der Waals surface area (Å²) in [5, 5.41) is 0. The molecule has 0 radical (unpaired) electrons. The Bertz CT molecular complexity index is 574. The number of piperidine rings is 1. The highest BCUT2D eigenvalue weighted by atomic mass is 32.1. The highest BCUT2D eigenvalue weighted by molar-refractivity contribution is 7.71. The van der Waals surface area contributed by atoms with Crippen LogP contribution in [0.15, 0.2) is 12.3 Å².